The first-order chi connectivity index (χ1) is 11.1. The van der Waals surface area contributed by atoms with Gasteiger partial charge in [-0.1, -0.05) is 65.0 Å². The number of hydrogen-bond donors (Lipinski definition) is 3. The molecule has 0 aliphatic carbocycles. The summed E-state index contributed by atoms with van der Waals surface area (Å²) in [6.45, 7) is 11.5. The van der Waals surface area contributed by atoms with Gasteiger partial charge in [0.05, 0.1) is 0 Å². The van der Waals surface area contributed by atoms with Crippen molar-refractivity contribution in [1.82, 2.24) is 5.32 Å². The number of ether oxygens (including phenoxy) is 1. The van der Waals surface area contributed by atoms with Crippen LogP contribution in [0.15, 0.2) is 30.3 Å². The molecule has 0 spiro atoms. The van der Waals surface area contributed by atoms with E-state index in [1.165, 1.54) is 0 Å². The number of aliphatic hydroxyl groups is 1. The van der Waals surface area contributed by atoms with Crippen LogP contribution in [-0.2, 0) is 4.74 Å². The smallest absolute Gasteiger partial charge is 0.404 e. The lowest BCUT2D eigenvalue weighted by molar-refractivity contribution is -0.0287. The van der Waals surface area contributed by atoms with Crippen molar-refractivity contribution in [2.24, 2.45) is 17.1 Å². The molecule has 0 heterocycles. The van der Waals surface area contributed by atoms with Gasteiger partial charge in [0.25, 0.3) is 0 Å². The molecule has 0 saturated heterocycles. The van der Waals surface area contributed by atoms with Gasteiger partial charge in [-0.15, -0.1) is 0 Å². The highest BCUT2D eigenvalue weighted by molar-refractivity contribution is 5.65. The highest BCUT2D eigenvalue weighted by Crippen LogP contribution is 2.40. The van der Waals surface area contributed by atoms with E-state index in [1.807, 2.05) is 30.3 Å². The molecule has 24 heavy (non-hydrogen) atoms. The van der Waals surface area contributed by atoms with Crippen LogP contribution >= 0.6 is 0 Å². The van der Waals surface area contributed by atoms with E-state index in [1.54, 1.807) is 0 Å². The summed E-state index contributed by atoms with van der Waals surface area (Å²) in [6, 6.07) is 9.80. The number of nitrogens with two attached hydrogens (primary N) is 1. The van der Waals surface area contributed by atoms with E-state index in [9.17, 15) is 9.90 Å². The van der Waals surface area contributed by atoms with Crippen molar-refractivity contribution in [3.63, 3.8) is 0 Å². The molecule has 3 unspecified atom stereocenters. The van der Waals surface area contributed by atoms with Gasteiger partial charge >= 0.3 is 6.09 Å². The van der Waals surface area contributed by atoms with Gasteiger partial charge in [-0.05, 0) is 23.4 Å². The summed E-state index contributed by atoms with van der Waals surface area (Å²) >= 11 is 0. The van der Waals surface area contributed by atoms with Crippen molar-refractivity contribution in [2.45, 2.75) is 52.7 Å². The van der Waals surface area contributed by atoms with Gasteiger partial charge in [0, 0.05) is 12.5 Å². The Balaban J connectivity index is 3.06. The normalized spacial score (nSPS) is 15.8. The van der Waals surface area contributed by atoms with E-state index in [2.05, 4.69) is 39.9 Å². The van der Waals surface area contributed by atoms with Crippen molar-refractivity contribution in [2.75, 3.05) is 13.1 Å². The number of hydrogen-bond acceptors (Lipinski definition) is 4. The molecule has 0 fully saturated rings. The Labute approximate surface area is 145 Å². The molecular formula is C19H32N2O3. The van der Waals surface area contributed by atoms with Crippen molar-refractivity contribution in [1.29, 1.82) is 0 Å². The van der Waals surface area contributed by atoms with Gasteiger partial charge in [0.15, 0.2) is 0 Å². The second kappa shape index (κ2) is 9.04. The topological polar surface area (TPSA) is 84.6 Å². The molecule has 1 amide bonds. The van der Waals surface area contributed by atoms with Gasteiger partial charge in [-0.25, -0.2) is 4.79 Å². The lowest BCUT2D eigenvalue weighted by atomic mass is 9.72. The second-order valence-corrected chi connectivity index (χ2v) is 7.78. The molecule has 1 aromatic rings. The fourth-order valence-electron chi connectivity index (χ4n) is 2.98. The second-order valence-electron chi connectivity index (χ2n) is 7.78. The molecule has 0 saturated carbocycles. The molecule has 1 rings (SSSR count). The van der Waals surface area contributed by atoms with Crippen molar-refractivity contribution in [3.8, 4) is 0 Å². The molecule has 5 heteroatoms. The molecule has 3 atom stereocenters. The van der Waals surface area contributed by atoms with Crippen molar-refractivity contribution in [3.05, 3.63) is 35.9 Å². The first kappa shape index (κ1) is 20.5. The zero-order valence-electron chi connectivity index (χ0n) is 15.5. The predicted molar refractivity (Wildman–Crippen MR) is 96.8 cm³/mol. The van der Waals surface area contributed by atoms with Gasteiger partial charge < -0.3 is 20.9 Å². The van der Waals surface area contributed by atoms with Crippen LogP contribution in [0, 0.1) is 11.3 Å². The third-order valence-electron chi connectivity index (χ3n) is 3.96. The number of carbonyl (C=O) groups excluding carboxylic acids is 1. The number of primary amides is 1. The lowest BCUT2D eigenvalue weighted by Gasteiger charge is -2.39. The van der Waals surface area contributed by atoms with Crippen LogP contribution in [0.4, 0.5) is 4.79 Å². The maximum Gasteiger partial charge on any atom is 0.404 e. The van der Waals surface area contributed by atoms with E-state index in [-0.39, 0.29) is 11.3 Å². The quantitative estimate of drug-likeness (QED) is 0.681. The summed E-state index contributed by atoms with van der Waals surface area (Å²) in [5.74, 6) is 0.294. The van der Waals surface area contributed by atoms with E-state index in [0.29, 0.717) is 12.5 Å². The van der Waals surface area contributed by atoms with E-state index in [0.717, 1.165) is 12.1 Å². The zero-order valence-corrected chi connectivity index (χ0v) is 15.5. The Morgan fingerprint density at radius 2 is 1.79 bits per heavy atom. The third kappa shape index (κ3) is 6.49. The third-order valence-corrected chi connectivity index (χ3v) is 3.96. The fourth-order valence-corrected chi connectivity index (χ4v) is 2.98. The average molecular weight is 336 g/mol. The minimum absolute atomic E-state index is 0.179. The maximum absolute atomic E-state index is 11.4. The van der Waals surface area contributed by atoms with Crippen molar-refractivity contribution < 1.29 is 14.6 Å². The zero-order chi connectivity index (χ0) is 18.3. The predicted octanol–water partition coefficient (Wildman–Crippen LogP) is 2.89. The summed E-state index contributed by atoms with van der Waals surface area (Å²) in [7, 11) is 0. The maximum atomic E-state index is 11.4. The molecule has 4 N–H and O–H groups in total. The molecule has 0 bridgehead atoms. The minimum Gasteiger partial charge on any atom is -0.443 e. The van der Waals surface area contributed by atoms with Gasteiger partial charge in [-0.3, -0.25) is 0 Å². The highest BCUT2D eigenvalue weighted by atomic mass is 16.6. The molecule has 0 aliphatic rings. The van der Waals surface area contributed by atoms with Crippen LogP contribution in [-0.4, -0.2) is 36.5 Å². The average Bonchev–Trinajstić information content (AvgIpc) is 2.45. The van der Waals surface area contributed by atoms with Crippen molar-refractivity contribution >= 4 is 6.09 Å². The molecule has 136 valence electrons. The Morgan fingerprint density at radius 3 is 2.25 bits per heavy atom. The Bertz CT molecular complexity index is 497. The highest BCUT2D eigenvalue weighted by Gasteiger charge is 2.39. The number of nitrogens with one attached hydrogen (secondary N) is 1. The summed E-state index contributed by atoms with van der Waals surface area (Å²) in [4.78, 5) is 11.4. The van der Waals surface area contributed by atoms with Crippen LogP contribution in [0.2, 0.25) is 0 Å². The standard InChI is InChI=1S/C19H32N2O3/c1-13(2)11-21-12-15(22)17(24-18(20)23)16(19(3,4)5)14-9-7-6-8-10-14/h6-10,13,15-17,21-22H,11-12H2,1-5H3,(H2,20,23). The molecule has 0 aromatic heterocycles. The Kier molecular flexibility index (Phi) is 7.70. The first-order valence-corrected chi connectivity index (χ1v) is 8.52. The SMILES string of the molecule is CC(C)CNCC(O)C(OC(N)=O)C(c1ccccc1)C(C)(C)C. The van der Waals surface area contributed by atoms with E-state index >= 15 is 0 Å². The van der Waals surface area contributed by atoms with Crippen LogP contribution in [0.25, 0.3) is 0 Å². The summed E-state index contributed by atoms with van der Waals surface area (Å²) in [5.41, 5.74) is 6.07. The minimum atomic E-state index is -0.868. The fraction of sp³-hybridized carbons (Fsp3) is 0.632. The Morgan fingerprint density at radius 1 is 1.21 bits per heavy atom. The summed E-state index contributed by atoms with van der Waals surface area (Å²) in [6.07, 6.45) is -2.43. The molecule has 0 radical (unpaired) electrons. The summed E-state index contributed by atoms with van der Waals surface area (Å²) in [5, 5.41) is 13.9. The number of amides is 1. The lowest BCUT2D eigenvalue weighted by Crippen LogP contribution is -2.47. The van der Waals surface area contributed by atoms with Gasteiger partial charge in [0.2, 0.25) is 0 Å². The monoisotopic (exact) mass is 336 g/mol. The number of rotatable bonds is 8. The van der Waals surface area contributed by atoms with Crippen LogP contribution in [0.5, 0.6) is 0 Å². The molecule has 0 aliphatic heterocycles. The molecule has 5 nitrogen and oxygen atoms in total. The van der Waals surface area contributed by atoms with Gasteiger partial charge in [0.1, 0.15) is 12.2 Å². The number of carbonyl (C=O) groups is 1. The van der Waals surface area contributed by atoms with E-state index in [4.69, 9.17) is 10.5 Å². The number of benzene rings is 1. The summed E-state index contributed by atoms with van der Waals surface area (Å²) < 4.78 is 5.36. The first-order valence-electron chi connectivity index (χ1n) is 8.52. The molecular weight excluding hydrogens is 304 g/mol. The van der Waals surface area contributed by atoms with Crippen LogP contribution in [0.1, 0.15) is 46.1 Å². The largest absolute Gasteiger partial charge is 0.443 e. The van der Waals surface area contributed by atoms with E-state index < -0.39 is 18.3 Å². The van der Waals surface area contributed by atoms with Crippen LogP contribution in [0.3, 0.4) is 0 Å². The molecule has 1 aromatic carbocycles. The van der Waals surface area contributed by atoms with Crippen LogP contribution < -0.4 is 11.1 Å². The number of aliphatic hydroxyl groups excluding tert-OH is 1. The Hall–Kier alpha value is -1.59. The van der Waals surface area contributed by atoms with Gasteiger partial charge in [-0.2, -0.15) is 0 Å².